The van der Waals surface area contributed by atoms with Crippen molar-refractivity contribution in [1.29, 1.82) is 0 Å². The summed E-state index contributed by atoms with van der Waals surface area (Å²) in [5.74, 6) is -0.450. The highest BCUT2D eigenvalue weighted by molar-refractivity contribution is 7.92. The fourth-order valence-electron chi connectivity index (χ4n) is 3.94. The van der Waals surface area contributed by atoms with Gasteiger partial charge in [-0.1, -0.05) is 37.1 Å². The molecule has 1 aliphatic rings. The van der Waals surface area contributed by atoms with Crippen molar-refractivity contribution < 1.29 is 13.2 Å². The van der Waals surface area contributed by atoms with Crippen molar-refractivity contribution in [2.45, 2.75) is 35.8 Å². The van der Waals surface area contributed by atoms with Crippen molar-refractivity contribution in [3.63, 3.8) is 0 Å². The first-order chi connectivity index (χ1) is 13.9. The van der Waals surface area contributed by atoms with Crippen LogP contribution in [0.2, 0.25) is 0 Å². The van der Waals surface area contributed by atoms with Crippen LogP contribution in [0.15, 0.2) is 64.3 Å². The third-order valence-corrected chi connectivity index (χ3v) is 7.82. The molecule has 1 aliphatic carbocycles. The van der Waals surface area contributed by atoms with Crippen molar-refractivity contribution in [2.75, 3.05) is 5.32 Å². The Kier molecular flexibility index (Phi) is 5.00. The van der Waals surface area contributed by atoms with Gasteiger partial charge in [0.15, 0.2) is 9.84 Å². The normalized spacial score (nSPS) is 14.9. The number of amides is 1. The number of anilines is 1. The van der Waals surface area contributed by atoms with Crippen molar-refractivity contribution in [3.05, 3.63) is 70.5 Å². The number of carbonyl (C=O) groups excluding carboxylic acids is 1. The number of hydrogen-bond acceptors (Lipinski definition) is 4. The zero-order valence-corrected chi connectivity index (χ0v) is 16.9. The summed E-state index contributed by atoms with van der Waals surface area (Å²) in [6, 6.07) is 14.8. The quantitative estimate of drug-likeness (QED) is 0.713. The lowest BCUT2D eigenvalue weighted by atomic mass is 10.1. The van der Waals surface area contributed by atoms with E-state index in [1.807, 2.05) is 0 Å². The molecule has 0 saturated heterocycles. The Balaban J connectivity index is 1.67. The Morgan fingerprint density at radius 1 is 1.03 bits per heavy atom. The first-order valence-corrected chi connectivity index (χ1v) is 11.2. The van der Waals surface area contributed by atoms with Gasteiger partial charge >= 0.3 is 0 Å². The van der Waals surface area contributed by atoms with E-state index in [-0.39, 0.29) is 21.3 Å². The van der Waals surface area contributed by atoms with Crippen LogP contribution in [-0.2, 0) is 16.9 Å². The number of aryl methyl sites for hydroxylation is 1. The average molecular weight is 410 g/mol. The lowest BCUT2D eigenvalue weighted by Crippen LogP contribution is -2.22. The standard InChI is InChI=1S/C22H22N2O4S/c1-24-20-12-5-4-11-18(20)19(14-21(24)25)22(26)23-15-7-6-10-17(13-15)29(27,28)16-8-2-3-9-16/h4-7,10-14,16H,2-3,8-9H2,1H3,(H,23,26). The van der Waals surface area contributed by atoms with Crippen LogP contribution in [0.3, 0.4) is 0 Å². The predicted molar refractivity (Wildman–Crippen MR) is 113 cm³/mol. The van der Waals surface area contributed by atoms with E-state index in [2.05, 4.69) is 5.32 Å². The SMILES string of the molecule is Cn1c(=O)cc(C(=O)Nc2cccc(S(=O)(=O)C3CCCC3)c2)c2ccccc21. The Hall–Kier alpha value is -2.93. The molecular weight excluding hydrogens is 388 g/mol. The minimum Gasteiger partial charge on any atom is -0.322 e. The number of rotatable bonds is 4. The summed E-state index contributed by atoms with van der Waals surface area (Å²) in [6.07, 6.45) is 3.21. The number of pyridine rings is 1. The van der Waals surface area contributed by atoms with Crippen LogP contribution in [0, 0.1) is 0 Å². The number of sulfone groups is 1. The fraction of sp³-hybridized carbons (Fsp3) is 0.273. The Morgan fingerprint density at radius 3 is 2.52 bits per heavy atom. The zero-order chi connectivity index (χ0) is 20.6. The van der Waals surface area contributed by atoms with E-state index in [0.29, 0.717) is 29.4 Å². The smallest absolute Gasteiger partial charge is 0.256 e. The van der Waals surface area contributed by atoms with Crippen molar-refractivity contribution in [3.8, 4) is 0 Å². The molecule has 150 valence electrons. The molecule has 1 saturated carbocycles. The molecule has 1 fully saturated rings. The lowest BCUT2D eigenvalue weighted by Gasteiger charge is -2.13. The maximum atomic E-state index is 12.9. The summed E-state index contributed by atoms with van der Waals surface area (Å²) in [5, 5.41) is 3.05. The molecule has 4 rings (SSSR count). The van der Waals surface area contributed by atoms with Crippen LogP contribution in [0.5, 0.6) is 0 Å². The van der Waals surface area contributed by atoms with E-state index >= 15 is 0 Å². The van der Waals surface area contributed by atoms with Gasteiger partial charge in [0.05, 0.1) is 21.2 Å². The van der Waals surface area contributed by atoms with Gasteiger partial charge < -0.3 is 9.88 Å². The van der Waals surface area contributed by atoms with E-state index < -0.39 is 15.7 Å². The van der Waals surface area contributed by atoms with Crippen molar-refractivity contribution >= 4 is 32.3 Å². The largest absolute Gasteiger partial charge is 0.322 e. The molecule has 0 atom stereocenters. The van der Waals surface area contributed by atoms with Crippen LogP contribution in [0.1, 0.15) is 36.0 Å². The maximum Gasteiger partial charge on any atom is 0.256 e. The summed E-state index contributed by atoms with van der Waals surface area (Å²) in [7, 11) is -1.76. The van der Waals surface area contributed by atoms with Crippen molar-refractivity contribution in [2.24, 2.45) is 7.05 Å². The molecule has 0 spiro atoms. The van der Waals surface area contributed by atoms with Gasteiger partial charge in [-0.3, -0.25) is 9.59 Å². The highest BCUT2D eigenvalue weighted by Crippen LogP contribution is 2.30. The van der Waals surface area contributed by atoms with E-state index in [0.717, 1.165) is 12.8 Å². The van der Waals surface area contributed by atoms with E-state index in [4.69, 9.17) is 0 Å². The second kappa shape index (κ2) is 7.48. The number of benzene rings is 2. The number of aromatic nitrogens is 1. The summed E-state index contributed by atoms with van der Waals surface area (Å²) < 4.78 is 27.2. The summed E-state index contributed by atoms with van der Waals surface area (Å²) in [6.45, 7) is 0. The number of nitrogens with one attached hydrogen (secondary N) is 1. The van der Waals surface area contributed by atoms with Gasteiger partial charge in [0, 0.05) is 24.2 Å². The van der Waals surface area contributed by atoms with E-state index in [1.165, 1.54) is 16.7 Å². The topological polar surface area (TPSA) is 85.2 Å². The van der Waals surface area contributed by atoms with Gasteiger partial charge in [0.2, 0.25) is 0 Å². The minimum absolute atomic E-state index is 0.219. The molecule has 6 nitrogen and oxygen atoms in total. The van der Waals surface area contributed by atoms with Gasteiger partial charge in [-0.25, -0.2) is 8.42 Å². The molecule has 0 bridgehead atoms. The third-order valence-electron chi connectivity index (χ3n) is 5.56. The summed E-state index contributed by atoms with van der Waals surface area (Å²) in [4.78, 5) is 25.4. The number of hydrogen-bond donors (Lipinski definition) is 1. The molecule has 2 aromatic carbocycles. The molecule has 3 aromatic rings. The molecule has 29 heavy (non-hydrogen) atoms. The van der Waals surface area contributed by atoms with E-state index in [1.54, 1.807) is 49.5 Å². The molecule has 1 heterocycles. The Labute approximate surface area is 169 Å². The van der Waals surface area contributed by atoms with Crippen LogP contribution < -0.4 is 10.9 Å². The highest BCUT2D eigenvalue weighted by atomic mass is 32.2. The number of carbonyl (C=O) groups is 1. The van der Waals surface area contributed by atoms with Gasteiger partial charge in [0.1, 0.15) is 0 Å². The lowest BCUT2D eigenvalue weighted by molar-refractivity contribution is 0.102. The fourth-order valence-corrected chi connectivity index (χ4v) is 5.84. The van der Waals surface area contributed by atoms with Gasteiger partial charge in [-0.15, -0.1) is 0 Å². The van der Waals surface area contributed by atoms with Crippen LogP contribution in [0.25, 0.3) is 10.9 Å². The molecule has 1 aromatic heterocycles. The van der Waals surface area contributed by atoms with E-state index in [9.17, 15) is 18.0 Å². The summed E-state index contributed by atoms with van der Waals surface area (Å²) >= 11 is 0. The van der Waals surface area contributed by atoms with Crippen LogP contribution in [0.4, 0.5) is 5.69 Å². The molecule has 0 unspecified atom stereocenters. The number of para-hydroxylation sites is 1. The Bertz CT molecular complexity index is 1260. The van der Waals surface area contributed by atoms with Crippen molar-refractivity contribution in [1.82, 2.24) is 4.57 Å². The van der Waals surface area contributed by atoms with Gasteiger partial charge in [-0.05, 0) is 37.1 Å². The monoisotopic (exact) mass is 410 g/mol. The highest BCUT2D eigenvalue weighted by Gasteiger charge is 2.30. The number of fused-ring (bicyclic) bond motifs is 1. The van der Waals surface area contributed by atoms with Gasteiger partial charge in [0.25, 0.3) is 11.5 Å². The first-order valence-electron chi connectivity index (χ1n) is 9.62. The molecule has 1 amide bonds. The van der Waals surface area contributed by atoms with Crippen LogP contribution >= 0.6 is 0 Å². The second-order valence-corrected chi connectivity index (χ2v) is 9.63. The molecule has 1 N–H and O–H groups in total. The molecule has 7 heteroatoms. The maximum absolute atomic E-state index is 12.9. The average Bonchev–Trinajstić information content (AvgIpc) is 3.27. The zero-order valence-electron chi connectivity index (χ0n) is 16.1. The second-order valence-electron chi connectivity index (χ2n) is 7.41. The van der Waals surface area contributed by atoms with Crippen LogP contribution in [-0.4, -0.2) is 24.1 Å². The molecular formula is C22H22N2O4S. The Morgan fingerprint density at radius 2 is 1.76 bits per heavy atom. The number of nitrogens with zero attached hydrogens (tertiary/aromatic N) is 1. The predicted octanol–water partition coefficient (Wildman–Crippen LogP) is 3.51. The van der Waals surface area contributed by atoms with Gasteiger partial charge in [-0.2, -0.15) is 0 Å². The first kappa shape index (κ1) is 19.4. The molecule has 0 radical (unpaired) electrons. The molecule has 0 aliphatic heterocycles. The third kappa shape index (κ3) is 3.58. The minimum atomic E-state index is -3.41. The summed E-state index contributed by atoms with van der Waals surface area (Å²) in [5.41, 5.74) is 1.01.